The highest BCUT2D eigenvalue weighted by Crippen LogP contribution is 2.16. The first-order chi connectivity index (χ1) is 40.0. The number of carbonyl (C=O) groups is 3. The number of carbonyl (C=O) groups excluding carboxylic acids is 3. The summed E-state index contributed by atoms with van der Waals surface area (Å²) in [5.74, 6) is -0.932. The van der Waals surface area contributed by atoms with Crippen LogP contribution in [0.15, 0.2) is 134 Å². The fraction of sp³-hybridized carbons (Fsp3) is 0.667. The van der Waals surface area contributed by atoms with Crippen LogP contribution in [0.25, 0.3) is 0 Å². The Bertz CT molecular complexity index is 1720. The van der Waals surface area contributed by atoms with Crippen molar-refractivity contribution in [1.29, 1.82) is 0 Å². The van der Waals surface area contributed by atoms with E-state index >= 15 is 0 Å². The molecule has 0 radical (unpaired) electrons. The second-order valence-corrected chi connectivity index (χ2v) is 22.0. The van der Waals surface area contributed by atoms with E-state index in [0.717, 1.165) is 148 Å². The minimum absolute atomic E-state index is 0.0961. The van der Waals surface area contributed by atoms with Gasteiger partial charge in [-0.3, -0.25) is 14.4 Å². The fourth-order valence-corrected chi connectivity index (χ4v) is 9.14. The first-order valence-corrected chi connectivity index (χ1v) is 33.7. The van der Waals surface area contributed by atoms with E-state index in [0.29, 0.717) is 19.3 Å². The van der Waals surface area contributed by atoms with Crippen LogP contribution in [0.4, 0.5) is 0 Å². The van der Waals surface area contributed by atoms with Crippen LogP contribution < -0.4 is 0 Å². The molecule has 1 unspecified atom stereocenters. The summed E-state index contributed by atoms with van der Waals surface area (Å²) in [4.78, 5) is 38.4. The summed E-state index contributed by atoms with van der Waals surface area (Å²) in [6, 6.07) is 0. The van der Waals surface area contributed by atoms with Gasteiger partial charge in [-0.05, 0) is 135 Å². The second kappa shape index (κ2) is 68.1. The van der Waals surface area contributed by atoms with Crippen molar-refractivity contribution in [1.82, 2.24) is 0 Å². The zero-order chi connectivity index (χ0) is 58.5. The molecule has 0 aromatic heterocycles. The monoisotopic (exact) mass is 1120 g/mol. The number of unbranched alkanes of at least 4 members (excludes halogenated alkanes) is 27. The van der Waals surface area contributed by atoms with Gasteiger partial charge in [0.05, 0.1) is 0 Å². The van der Waals surface area contributed by atoms with Gasteiger partial charge in [0.2, 0.25) is 0 Å². The molecule has 0 aliphatic rings. The van der Waals surface area contributed by atoms with Crippen molar-refractivity contribution in [3.05, 3.63) is 134 Å². The molecule has 0 bridgehead atoms. The largest absolute Gasteiger partial charge is 0.462 e. The Kier molecular flexibility index (Phi) is 64.3. The van der Waals surface area contributed by atoms with Crippen molar-refractivity contribution in [2.24, 2.45) is 0 Å². The Balaban J connectivity index is 4.40. The highest BCUT2D eigenvalue weighted by atomic mass is 16.6. The van der Waals surface area contributed by atoms with Gasteiger partial charge >= 0.3 is 17.9 Å². The van der Waals surface area contributed by atoms with Gasteiger partial charge in [0.25, 0.3) is 0 Å². The Hall–Kier alpha value is -4.45. The Morgan fingerprint density at radius 1 is 0.259 bits per heavy atom. The predicted molar refractivity (Wildman–Crippen MR) is 353 cm³/mol. The number of rotatable bonds is 60. The summed E-state index contributed by atoms with van der Waals surface area (Å²) in [5.41, 5.74) is 0. The molecule has 0 amide bonds. The fourth-order valence-electron chi connectivity index (χ4n) is 9.14. The molecule has 0 fully saturated rings. The van der Waals surface area contributed by atoms with Crippen molar-refractivity contribution in [3.8, 4) is 0 Å². The molecule has 81 heavy (non-hydrogen) atoms. The van der Waals surface area contributed by atoms with Gasteiger partial charge in [-0.2, -0.15) is 0 Å². The van der Waals surface area contributed by atoms with Crippen LogP contribution in [0.1, 0.15) is 303 Å². The molecule has 0 N–H and O–H groups in total. The van der Waals surface area contributed by atoms with Gasteiger partial charge in [0, 0.05) is 19.3 Å². The number of allylic oxidation sites excluding steroid dienone is 22. The van der Waals surface area contributed by atoms with E-state index in [2.05, 4.69) is 154 Å². The first-order valence-electron chi connectivity index (χ1n) is 33.7. The first kappa shape index (κ1) is 76.5. The number of hydrogen-bond acceptors (Lipinski definition) is 6. The van der Waals surface area contributed by atoms with E-state index < -0.39 is 6.10 Å². The van der Waals surface area contributed by atoms with E-state index in [-0.39, 0.29) is 31.1 Å². The topological polar surface area (TPSA) is 78.9 Å². The third-order valence-corrected chi connectivity index (χ3v) is 14.1. The third-order valence-electron chi connectivity index (χ3n) is 14.1. The molecule has 0 aliphatic heterocycles. The quantitative estimate of drug-likeness (QED) is 0.0261. The Labute approximate surface area is 500 Å². The zero-order valence-corrected chi connectivity index (χ0v) is 52.8. The number of hydrogen-bond donors (Lipinski definition) is 0. The summed E-state index contributed by atoms with van der Waals surface area (Å²) >= 11 is 0. The standard InChI is InChI=1S/C75H124O6/c1-4-7-10-13-16-19-22-25-28-31-33-34-35-36-37-38-39-40-42-44-47-50-53-56-59-62-65-68-74(77)80-71-72(70-79-73(76)67-64-61-58-55-52-49-46-43-30-27-24-21-18-15-12-9-6-3)81-75(78)69-66-63-60-57-54-51-48-45-41-32-29-26-23-20-17-14-11-8-5-2/h8-9,11-12,17-18,20-22,25-27,29-31,33,35-36,41,45-46,49,72H,4-7,10,13-16,19,23-24,28,32,34,37-40,42-44,47-48,50-71H2,1-3H3/b11-8-,12-9-,20-17-,21-18-,25-22-,29-26-,30-27-,33-31-,36-35-,45-41-,49-46-. The molecule has 460 valence electrons. The van der Waals surface area contributed by atoms with Crippen molar-refractivity contribution in [2.45, 2.75) is 309 Å². The molecular formula is C75H124O6. The highest BCUT2D eigenvalue weighted by Gasteiger charge is 2.19. The second-order valence-electron chi connectivity index (χ2n) is 22.0. The molecule has 0 saturated heterocycles. The van der Waals surface area contributed by atoms with Crippen molar-refractivity contribution >= 4 is 17.9 Å². The average Bonchev–Trinajstić information content (AvgIpc) is 3.47. The summed E-state index contributed by atoms with van der Waals surface area (Å²) in [7, 11) is 0. The van der Waals surface area contributed by atoms with Crippen LogP contribution in [0.3, 0.4) is 0 Å². The van der Waals surface area contributed by atoms with E-state index in [4.69, 9.17) is 14.2 Å². The number of ether oxygens (including phenoxy) is 3. The summed E-state index contributed by atoms with van der Waals surface area (Å²) < 4.78 is 16.9. The molecule has 0 saturated carbocycles. The molecule has 0 rings (SSSR count). The molecule has 0 heterocycles. The van der Waals surface area contributed by atoms with Gasteiger partial charge < -0.3 is 14.2 Å². The molecule has 0 spiro atoms. The normalized spacial score (nSPS) is 13.0. The summed E-state index contributed by atoms with van der Waals surface area (Å²) in [5, 5.41) is 0. The smallest absolute Gasteiger partial charge is 0.306 e. The van der Waals surface area contributed by atoms with Crippen LogP contribution in [0.2, 0.25) is 0 Å². The molecular weight excluding hydrogens is 997 g/mol. The minimum atomic E-state index is -0.804. The van der Waals surface area contributed by atoms with Gasteiger partial charge in [-0.25, -0.2) is 0 Å². The van der Waals surface area contributed by atoms with Gasteiger partial charge in [-0.15, -0.1) is 0 Å². The maximum absolute atomic E-state index is 12.9. The predicted octanol–water partition coefficient (Wildman–Crippen LogP) is 23.3. The molecule has 6 heteroatoms. The van der Waals surface area contributed by atoms with Crippen LogP contribution in [-0.2, 0) is 28.6 Å². The maximum Gasteiger partial charge on any atom is 0.306 e. The average molecular weight is 1120 g/mol. The lowest BCUT2D eigenvalue weighted by Gasteiger charge is -2.18. The third kappa shape index (κ3) is 66.2. The van der Waals surface area contributed by atoms with Gasteiger partial charge in [0.1, 0.15) is 13.2 Å². The lowest BCUT2D eigenvalue weighted by molar-refractivity contribution is -0.167. The van der Waals surface area contributed by atoms with Crippen molar-refractivity contribution in [3.63, 3.8) is 0 Å². The highest BCUT2D eigenvalue weighted by molar-refractivity contribution is 5.71. The lowest BCUT2D eigenvalue weighted by atomic mass is 10.0. The number of esters is 3. The minimum Gasteiger partial charge on any atom is -0.462 e. The SMILES string of the molecule is CC/C=C\C/C=C\C/C=C\C/C=C\CCCCCCCCC(=O)OC(COC(=O)CCCCCC/C=C\C/C=C\C/C=C\C/C=C\CC)COC(=O)CCCCCCCCCCCCCC/C=C\C/C=C\C/C=C\CCCCCCC. The lowest BCUT2D eigenvalue weighted by Crippen LogP contribution is -2.30. The molecule has 0 aliphatic carbocycles. The zero-order valence-electron chi connectivity index (χ0n) is 52.8. The van der Waals surface area contributed by atoms with E-state index in [1.807, 2.05) is 0 Å². The van der Waals surface area contributed by atoms with Crippen molar-refractivity contribution in [2.75, 3.05) is 13.2 Å². The molecule has 6 nitrogen and oxygen atoms in total. The summed E-state index contributed by atoms with van der Waals surface area (Å²) in [6.07, 6.45) is 96.0. The van der Waals surface area contributed by atoms with Crippen molar-refractivity contribution < 1.29 is 28.6 Å². The van der Waals surface area contributed by atoms with Gasteiger partial charge in [-0.1, -0.05) is 283 Å². The van der Waals surface area contributed by atoms with Crippen LogP contribution in [0.5, 0.6) is 0 Å². The molecule has 1 atom stereocenters. The molecule has 0 aromatic rings. The Morgan fingerprint density at radius 3 is 0.753 bits per heavy atom. The van der Waals surface area contributed by atoms with Crippen LogP contribution >= 0.6 is 0 Å². The van der Waals surface area contributed by atoms with E-state index in [1.165, 1.54) is 116 Å². The van der Waals surface area contributed by atoms with Crippen LogP contribution in [-0.4, -0.2) is 37.2 Å². The van der Waals surface area contributed by atoms with E-state index in [1.54, 1.807) is 0 Å². The summed E-state index contributed by atoms with van der Waals surface area (Å²) in [6.45, 7) is 6.39. The Morgan fingerprint density at radius 2 is 0.481 bits per heavy atom. The molecule has 0 aromatic carbocycles. The van der Waals surface area contributed by atoms with Gasteiger partial charge in [0.15, 0.2) is 6.10 Å². The van der Waals surface area contributed by atoms with Crippen LogP contribution in [0, 0.1) is 0 Å². The maximum atomic E-state index is 12.9. The van der Waals surface area contributed by atoms with E-state index in [9.17, 15) is 14.4 Å².